The summed E-state index contributed by atoms with van der Waals surface area (Å²) in [5.74, 6) is -0.0628. The summed E-state index contributed by atoms with van der Waals surface area (Å²) < 4.78 is 7.13. The van der Waals surface area contributed by atoms with E-state index in [1.165, 1.54) is 0 Å². The molecule has 1 aliphatic heterocycles. The molecule has 0 bridgehead atoms. The summed E-state index contributed by atoms with van der Waals surface area (Å²) in [6.45, 7) is 4.85. The van der Waals surface area contributed by atoms with Gasteiger partial charge in [0.1, 0.15) is 0 Å². The molecule has 0 unspecified atom stereocenters. The predicted molar refractivity (Wildman–Crippen MR) is 114 cm³/mol. The third kappa shape index (κ3) is 5.03. The summed E-state index contributed by atoms with van der Waals surface area (Å²) in [5, 5.41) is 8.12. The first-order chi connectivity index (χ1) is 14.2. The van der Waals surface area contributed by atoms with Gasteiger partial charge >= 0.3 is 0 Å². The van der Waals surface area contributed by atoms with Gasteiger partial charge in [0.2, 0.25) is 0 Å². The van der Waals surface area contributed by atoms with Gasteiger partial charge in [0.05, 0.1) is 25.1 Å². The molecular weight excluding hydrogens is 388 g/mol. The van der Waals surface area contributed by atoms with Crippen molar-refractivity contribution < 1.29 is 9.53 Å². The lowest BCUT2D eigenvalue weighted by Gasteiger charge is -2.26. The van der Waals surface area contributed by atoms with Crippen molar-refractivity contribution in [1.29, 1.82) is 0 Å². The number of aromatic nitrogens is 2. The Morgan fingerprint density at radius 1 is 1.03 bits per heavy atom. The fourth-order valence-electron chi connectivity index (χ4n) is 3.28. The molecule has 4 rings (SSSR count). The van der Waals surface area contributed by atoms with E-state index >= 15 is 0 Å². The van der Waals surface area contributed by atoms with E-state index in [0.29, 0.717) is 17.1 Å². The molecule has 0 atom stereocenters. The molecule has 1 amide bonds. The smallest absolute Gasteiger partial charge is 0.251 e. The van der Waals surface area contributed by atoms with E-state index in [2.05, 4.69) is 15.3 Å². The van der Waals surface area contributed by atoms with Gasteiger partial charge in [-0.3, -0.25) is 9.69 Å². The minimum atomic E-state index is -0.0628. The molecule has 2 aromatic carbocycles. The highest BCUT2D eigenvalue weighted by atomic mass is 35.5. The summed E-state index contributed by atoms with van der Waals surface area (Å²) in [7, 11) is 0. The Balaban J connectivity index is 1.35. The van der Waals surface area contributed by atoms with Crippen molar-refractivity contribution in [2.75, 3.05) is 39.4 Å². The number of morpholine rings is 1. The molecule has 1 N–H and O–H groups in total. The van der Waals surface area contributed by atoms with Crippen LogP contribution < -0.4 is 5.32 Å². The Labute approximate surface area is 175 Å². The highest BCUT2D eigenvalue weighted by molar-refractivity contribution is 6.30. The van der Waals surface area contributed by atoms with Gasteiger partial charge in [-0.25, -0.2) is 4.68 Å². The molecule has 1 fully saturated rings. The van der Waals surface area contributed by atoms with Crippen LogP contribution in [0.1, 0.15) is 10.4 Å². The third-order valence-corrected chi connectivity index (χ3v) is 5.22. The van der Waals surface area contributed by atoms with Gasteiger partial charge in [-0.05, 0) is 42.0 Å². The van der Waals surface area contributed by atoms with Crippen LogP contribution in [-0.2, 0) is 4.74 Å². The molecule has 0 radical (unpaired) electrons. The first-order valence-electron chi connectivity index (χ1n) is 9.68. The van der Waals surface area contributed by atoms with Crippen LogP contribution in [0.25, 0.3) is 16.8 Å². The summed E-state index contributed by atoms with van der Waals surface area (Å²) in [4.78, 5) is 14.7. The zero-order chi connectivity index (χ0) is 20.1. The van der Waals surface area contributed by atoms with E-state index < -0.39 is 0 Å². The van der Waals surface area contributed by atoms with E-state index in [1.807, 2.05) is 60.9 Å². The molecule has 3 aromatic rings. The largest absolute Gasteiger partial charge is 0.379 e. The topological polar surface area (TPSA) is 59.4 Å². The van der Waals surface area contributed by atoms with Crippen molar-refractivity contribution in [3.05, 3.63) is 71.5 Å². The Hall–Kier alpha value is -2.67. The number of hydrogen-bond acceptors (Lipinski definition) is 4. The predicted octanol–water partition coefficient (Wildman–Crippen LogP) is 3.25. The number of nitrogens with zero attached hydrogens (tertiary/aromatic N) is 3. The Bertz CT molecular complexity index is 948. The molecular formula is C22H23ClN4O2. The van der Waals surface area contributed by atoms with E-state index in [1.54, 1.807) is 4.68 Å². The van der Waals surface area contributed by atoms with Gasteiger partial charge < -0.3 is 10.1 Å². The normalized spacial score (nSPS) is 14.7. The molecule has 29 heavy (non-hydrogen) atoms. The highest BCUT2D eigenvalue weighted by Crippen LogP contribution is 2.22. The number of rotatable bonds is 6. The van der Waals surface area contributed by atoms with E-state index in [9.17, 15) is 4.79 Å². The van der Waals surface area contributed by atoms with Crippen LogP contribution >= 0.6 is 11.6 Å². The lowest BCUT2D eigenvalue weighted by Crippen LogP contribution is -2.41. The maximum atomic E-state index is 12.4. The van der Waals surface area contributed by atoms with Crippen molar-refractivity contribution in [3.8, 4) is 16.8 Å². The first-order valence-corrected chi connectivity index (χ1v) is 10.1. The van der Waals surface area contributed by atoms with Crippen LogP contribution in [-0.4, -0.2) is 60.0 Å². The number of carbonyl (C=O) groups is 1. The lowest BCUT2D eigenvalue weighted by atomic mass is 10.1. The minimum Gasteiger partial charge on any atom is -0.379 e. The molecule has 0 aliphatic carbocycles. The molecule has 0 spiro atoms. The van der Waals surface area contributed by atoms with Gasteiger partial charge in [0.15, 0.2) is 0 Å². The maximum absolute atomic E-state index is 12.4. The molecule has 0 saturated carbocycles. The second-order valence-electron chi connectivity index (χ2n) is 6.94. The van der Waals surface area contributed by atoms with Crippen LogP contribution in [0, 0.1) is 0 Å². The van der Waals surface area contributed by atoms with Crippen molar-refractivity contribution in [2.45, 2.75) is 0 Å². The fourth-order valence-corrected chi connectivity index (χ4v) is 3.40. The minimum absolute atomic E-state index is 0.0628. The van der Waals surface area contributed by atoms with Gasteiger partial charge in [-0.1, -0.05) is 23.7 Å². The van der Waals surface area contributed by atoms with Crippen LogP contribution in [0.2, 0.25) is 5.02 Å². The zero-order valence-electron chi connectivity index (χ0n) is 16.1. The number of amides is 1. The van der Waals surface area contributed by atoms with Gasteiger partial charge in [-0.15, -0.1) is 0 Å². The third-order valence-electron chi connectivity index (χ3n) is 4.97. The van der Waals surface area contributed by atoms with Crippen LogP contribution in [0.4, 0.5) is 0 Å². The van der Waals surface area contributed by atoms with Gasteiger partial charge in [0.25, 0.3) is 5.91 Å². The fraction of sp³-hybridized carbons (Fsp3) is 0.273. The Morgan fingerprint density at radius 3 is 2.48 bits per heavy atom. The molecule has 1 saturated heterocycles. The first kappa shape index (κ1) is 19.6. The Morgan fingerprint density at radius 2 is 1.76 bits per heavy atom. The number of hydrogen-bond donors (Lipinski definition) is 1. The zero-order valence-corrected chi connectivity index (χ0v) is 16.8. The van der Waals surface area contributed by atoms with Crippen molar-refractivity contribution in [1.82, 2.24) is 20.0 Å². The van der Waals surface area contributed by atoms with E-state index in [4.69, 9.17) is 16.3 Å². The van der Waals surface area contributed by atoms with E-state index in [-0.39, 0.29) is 5.91 Å². The number of benzene rings is 2. The molecule has 7 heteroatoms. The number of halogens is 1. The van der Waals surface area contributed by atoms with Crippen molar-refractivity contribution in [3.63, 3.8) is 0 Å². The quantitative estimate of drug-likeness (QED) is 0.677. The van der Waals surface area contributed by atoms with Crippen molar-refractivity contribution in [2.24, 2.45) is 0 Å². The number of nitrogens with one attached hydrogen (secondary N) is 1. The molecule has 1 aliphatic rings. The maximum Gasteiger partial charge on any atom is 0.251 e. The van der Waals surface area contributed by atoms with Crippen LogP contribution in [0.5, 0.6) is 0 Å². The summed E-state index contributed by atoms with van der Waals surface area (Å²) in [5.41, 5.74) is 3.60. The van der Waals surface area contributed by atoms with Gasteiger partial charge in [-0.2, -0.15) is 5.10 Å². The second-order valence-corrected chi connectivity index (χ2v) is 7.37. The molecule has 150 valence electrons. The number of ether oxygens (including phenoxy) is 1. The molecule has 2 heterocycles. The number of carbonyl (C=O) groups excluding carboxylic acids is 1. The second kappa shape index (κ2) is 9.22. The summed E-state index contributed by atoms with van der Waals surface area (Å²) in [6, 6.07) is 15.1. The average molecular weight is 411 g/mol. The lowest BCUT2D eigenvalue weighted by molar-refractivity contribution is 0.0383. The van der Waals surface area contributed by atoms with Crippen molar-refractivity contribution >= 4 is 17.5 Å². The monoisotopic (exact) mass is 410 g/mol. The molecule has 1 aromatic heterocycles. The van der Waals surface area contributed by atoms with Crippen LogP contribution in [0.15, 0.2) is 60.9 Å². The SMILES string of the molecule is O=C(NCCN1CCOCC1)c1ccc(-n2cc(-c3ccc(Cl)cc3)cn2)cc1. The average Bonchev–Trinajstić information content (AvgIpc) is 3.25. The highest BCUT2D eigenvalue weighted by Gasteiger charge is 2.11. The molecule has 6 nitrogen and oxygen atoms in total. The Kier molecular flexibility index (Phi) is 6.24. The van der Waals surface area contributed by atoms with Gasteiger partial charge in [0, 0.05) is 48.5 Å². The summed E-state index contributed by atoms with van der Waals surface area (Å²) >= 11 is 5.95. The van der Waals surface area contributed by atoms with Crippen LogP contribution in [0.3, 0.4) is 0 Å². The standard InChI is InChI=1S/C22H23ClN4O2/c23-20-5-1-17(2-6-20)19-15-25-27(16-19)21-7-3-18(4-8-21)22(28)24-9-10-26-11-13-29-14-12-26/h1-8,15-16H,9-14H2,(H,24,28). The summed E-state index contributed by atoms with van der Waals surface area (Å²) in [6.07, 6.45) is 3.77. The van der Waals surface area contributed by atoms with E-state index in [0.717, 1.165) is 49.7 Å².